The van der Waals surface area contributed by atoms with Gasteiger partial charge in [-0.25, -0.2) is 4.98 Å². The molecule has 0 amide bonds. The lowest BCUT2D eigenvalue weighted by Crippen LogP contribution is -2.05. The first-order valence-corrected chi connectivity index (χ1v) is 5.40. The summed E-state index contributed by atoms with van der Waals surface area (Å²) in [4.78, 5) is 4.30. The highest BCUT2D eigenvalue weighted by Gasteiger charge is 2.04. The quantitative estimate of drug-likeness (QED) is 0.773. The molecule has 1 aromatic heterocycles. The number of aliphatic hydroxyl groups is 1. The fourth-order valence-electron chi connectivity index (χ4n) is 1.12. The molecule has 0 saturated carbocycles. The highest BCUT2D eigenvalue weighted by atomic mass is 32.1. The van der Waals surface area contributed by atoms with Crippen molar-refractivity contribution in [3.63, 3.8) is 0 Å². The van der Waals surface area contributed by atoms with Crippen LogP contribution in [0.2, 0.25) is 0 Å². The minimum Gasteiger partial charge on any atom is -0.388 e. The zero-order chi connectivity index (χ0) is 10.6. The number of hydrogen-bond acceptors (Lipinski definition) is 3. The number of thiazole rings is 1. The molecule has 1 atom stereocenters. The van der Waals surface area contributed by atoms with Gasteiger partial charge in [-0.05, 0) is 31.9 Å². The predicted molar refractivity (Wildman–Crippen MR) is 61.3 cm³/mol. The molecule has 0 bridgehead atoms. The molecule has 0 fully saturated rings. The Morgan fingerprint density at radius 3 is 3.00 bits per heavy atom. The largest absolute Gasteiger partial charge is 0.388 e. The SMILES string of the molecule is C=CCC(O)C(C)=Cc1csc(C)n1. The van der Waals surface area contributed by atoms with Gasteiger partial charge in [0.15, 0.2) is 0 Å². The van der Waals surface area contributed by atoms with Crippen molar-refractivity contribution in [3.8, 4) is 0 Å². The summed E-state index contributed by atoms with van der Waals surface area (Å²) in [6.45, 7) is 7.47. The Labute approximate surface area is 88.6 Å². The molecular weight excluding hydrogens is 194 g/mol. The van der Waals surface area contributed by atoms with E-state index < -0.39 is 6.10 Å². The molecule has 1 heterocycles. The molecule has 0 aliphatic carbocycles. The standard InChI is InChI=1S/C11H15NOS/c1-4-5-11(13)8(2)6-10-7-14-9(3)12-10/h4,6-7,11,13H,1,5H2,2-3H3. The third-order valence-corrected chi connectivity index (χ3v) is 2.72. The molecule has 0 saturated heterocycles. The van der Waals surface area contributed by atoms with Gasteiger partial charge in [-0.15, -0.1) is 17.9 Å². The van der Waals surface area contributed by atoms with E-state index in [2.05, 4.69) is 11.6 Å². The maximum absolute atomic E-state index is 9.62. The van der Waals surface area contributed by atoms with E-state index in [0.717, 1.165) is 16.3 Å². The third-order valence-electron chi connectivity index (χ3n) is 1.93. The van der Waals surface area contributed by atoms with E-state index in [-0.39, 0.29) is 0 Å². The Balaban J connectivity index is 2.72. The summed E-state index contributed by atoms with van der Waals surface area (Å²) in [5.74, 6) is 0. The van der Waals surface area contributed by atoms with Crippen molar-refractivity contribution < 1.29 is 5.11 Å². The van der Waals surface area contributed by atoms with Crippen molar-refractivity contribution in [2.24, 2.45) is 0 Å². The summed E-state index contributed by atoms with van der Waals surface area (Å²) in [6, 6.07) is 0. The average Bonchev–Trinajstić information content (AvgIpc) is 2.51. The van der Waals surface area contributed by atoms with E-state index in [1.165, 1.54) is 0 Å². The van der Waals surface area contributed by atoms with Crippen LogP contribution in [0.4, 0.5) is 0 Å². The lowest BCUT2D eigenvalue weighted by atomic mass is 10.1. The second kappa shape index (κ2) is 5.08. The van der Waals surface area contributed by atoms with Crippen molar-refractivity contribution in [1.29, 1.82) is 0 Å². The molecule has 3 heteroatoms. The summed E-state index contributed by atoms with van der Waals surface area (Å²) in [7, 11) is 0. The van der Waals surface area contributed by atoms with Gasteiger partial charge in [0.2, 0.25) is 0 Å². The molecule has 0 spiro atoms. The Bertz CT molecular complexity index is 341. The second-order valence-electron chi connectivity index (χ2n) is 3.22. The van der Waals surface area contributed by atoms with Gasteiger partial charge in [-0.1, -0.05) is 6.08 Å². The van der Waals surface area contributed by atoms with Crippen molar-refractivity contribution in [2.45, 2.75) is 26.4 Å². The van der Waals surface area contributed by atoms with E-state index in [9.17, 15) is 5.11 Å². The molecule has 0 aliphatic rings. The van der Waals surface area contributed by atoms with Gasteiger partial charge in [0.25, 0.3) is 0 Å². The van der Waals surface area contributed by atoms with Crippen molar-refractivity contribution in [2.75, 3.05) is 0 Å². The number of aliphatic hydroxyl groups excluding tert-OH is 1. The summed E-state index contributed by atoms with van der Waals surface area (Å²) in [6.07, 6.45) is 3.78. The van der Waals surface area contributed by atoms with Crippen LogP contribution in [0.5, 0.6) is 0 Å². The number of rotatable bonds is 4. The average molecular weight is 209 g/mol. The van der Waals surface area contributed by atoms with Crippen LogP contribution in [-0.4, -0.2) is 16.2 Å². The number of hydrogen-bond donors (Lipinski definition) is 1. The second-order valence-corrected chi connectivity index (χ2v) is 4.28. The molecule has 0 radical (unpaired) electrons. The summed E-state index contributed by atoms with van der Waals surface area (Å²) in [5, 5.41) is 12.7. The number of nitrogens with zero attached hydrogens (tertiary/aromatic N) is 1. The maximum Gasteiger partial charge on any atom is 0.0901 e. The van der Waals surface area contributed by atoms with Crippen LogP contribution in [-0.2, 0) is 0 Å². The predicted octanol–water partition coefficient (Wildman–Crippen LogP) is 2.79. The zero-order valence-corrected chi connectivity index (χ0v) is 9.34. The maximum atomic E-state index is 9.62. The first-order valence-electron chi connectivity index (χ1n) is 4.52. The Kier molecular flexibility index (Phi) is 4.04. The molecule has 1 aromatic rings. The zero-order valence-electron chi connectivity index (χ0n) is 8.53. The molecule has 0 aliphatic heterocycles. The van der Waals surface area contributed by atoms with E-state index in [1.54, 1.807) is 17.4 Å². The van der Waals surface area contributed by atoms with Gasteiger partial charge >= 0.3 is 0 Å². The van der Waals surface area contributed by atoms with Crippen LogP contribution in [0, 0.1) is 6.92 Å². The third kappa shape index (κ3) is 3.09. The van der Waals surface area contributed by atoms with Crippen LogP contribution in [0.25, 0.3) is 6.08 Å². The van der Waals surface area contributed by atoms with Crippen LogP contribution in [0.1, 0.15) is 24.0 Å². The minimum absolute atomic E-state index is 0.436. The van der Waals surface area contributed by atoms with Crippen molar-refractivity contribution in [1.82, 2.24) is 4.98 Å². The molecule has 14 heavy (non-hydrogen) atoms. The Morgan fingerprint density at radius 1 is 1.79 bits per heavy atom. The highest BCUT2D eigenvalue weighted by molar-refractivity contribution is 7.09. The van der Waals surface area contributed by atoms with E-state index >= 15 is 0 Å². The van der Waals surface area contributed by atoms with Crippen LogP contribution in [0.15, 0.2) is 23.6 Å². The molecule has 1 rings (SSSR count). The van der Waals surface area contributed by atoms with E-state index in [1.807, 2.05) is 25.3 Å². The molecule has 0 aromatic carbocycles. The first kappa shape index (κ1) is 11.1. The smallest absolute Gasteiger partial charge is 0.0901 e. The summed E-state index contributed by atoms with van der Waals surface area (Å²) in [5.41, 5.74) is 1.85. The monoisotopic (exact) mass is 209 g/mol. The van der Waals surface area contributed by atoms with Crippen LogP contribution < -0.4 is 0 Å². The highest BCUT2D eigenvalue weighted by Crippen LogP contribution is 2.14. The fraction of sp³-hybridized carbons (Fsp3) is 0.364. The van der Waals surface area contributed by atoms with Gasteiger partial charge < -0.3 is 5.11 Å². The molecule has 2 nitrogen and oxygen atoms in total. The molecular formula is C11H15NOS. The molecule has 1 unspecified atom stereocenters. The van der Waals surface area contributed by atoms with Gasteiger partial charge in [0, 0.05) is 5.38 Å². The van der Waals surface area contributed by atoms with Gasteiger partial charge in [0.1, 0.15) is 0 Å². The molecule has 1 N–H and O–H groups in total. The van der Waals surface area contributed by atoms with E-state index in [4.69, 9.17) is 0 Å². The topological polar surface area (TPSA) is 33.1 Å². The first-order chi connectivity index (χ1) is 6.63. The van der Waals surface area contributed by atoms with Crippen LogP contribution >= 0.6 is 11.3 Å². The minimum atomic E-state index is -0.436. The Hall–Kier alpha value is -0.930. The van der Waals surface area contributed by atoms with Crippen molar-refractivity contribution in [3.05, 3.63) is 34.3 Å². The van der Waals surface area contributed by atoms with Gasteiger partial charge in [-0.2, -0.15) is 0 Å². The summed E-state index contributed by atoms with van der Waals surface area (Å²) >= 11 is 1.61. The lowest BCUT2D eigenvalue weighted by molar-refractivity contribution is 0.215. The van der Waals surface area contributed by atoms with Gasteiger partial charge in [-0.3, -0.25) is 0 Å². The lowest BCUT2D eigenvalue weighted by Gasteiger charge is -2.07. The summed E-state index contributed by atoms with van der Waals surface area (Å²) < 4.78 is 0. The Morgan fingerprint density at radius 2 is 2.50 bits per heavy atom. The normalized spacial score (nSPS) is 14.1. The fourth-order valence-corrected chi connectivity index (χ4v) is 1.69. The van der Waals surface area contributed by atoms with Gasteiger partial charge in [0.05, 0.1) is 16.8 Å². The van der Waals surface area contributed by atoms with Crippen LogP contribution in [0.3, 0.4) is 0 Å². The number of aromatic nitrogens is 1. The van der Waals surface area contributed by atoms with E-state index in [0.29, 0.717) is 6.42 Å². The van der Waals surface area contributed by atoms with Crippen molar-refractivity contribution >= 4 is 17.4 Å². The molecule has 76 valence electrons. The number of aryl methyl sites for hydroxylation is 1.